The molecular formula is C23H35Br. The number of halogens is 1. The average Bonchev–Trinajstić information content (AvgIpc) is 2.63. The van der Waals surface area contributed by atoms with E-state index in [1.807, 2.05) is 0 Å². The Morgan fingerprint density at radius 2 is 1.38 bits per heavy atom. The molecule has 0 unspecified atom stereocenters. The molecule has 0 heterocycles. The van der Waals surface area contributed by atoms with E-state index in [-0.39, 0.29) is 0 Å². The molecule has 134 valence electrons. The summed E-state index contributed by atoms with van der Waals surface area (Å²) in [5, 5.41) is 0. The maximum Gasteiger partial charge on any atom is 0.0175 e. The molecule has 0 atom stereocenters. The van der Waals surface area contributed by atoms with E-state index in [1.54, 1.807) is 5.56 Å². The van der Waals surface area contributed by atoms with Crippen LogP contribution in [0.5, 0.6) is 0 Å². The summed E-state index contributed by atoms with van der Waals surface area (Å²) >= 11 is 3.56. The summed E-state index contributed by atoms with van der Waals surface area (Å²) < 4.78 is 1.20. The van der Waals surface area contributed by atoms with E-state index in [9.17, 15) is 0 Å². The van der Waals surface area contributed by atoms with Crippen LogP contribution in [-0.2, 0) is 0 Å². The van der Waals surface area contributed by atoms with Gasteiger partial charge in [-0.05, 0) is 79.9 Å². The van der Waals surface area contributed by atoms with Gasteiger partial charge in [0, 0.05) is 4.47 Å². The summed E-state index contributed by atoms with van der Waals surface area (Å²) in [5.74, 6) is 3.97. The number of rotatable bonds is 6. The van der Waals surface area contributed by atoms with Crippen molar-refractivity contribution >= 4 is 15.9 Å². The van der Waals surface area contributed by atoms with Crippen LogP contribution in [0.4, 0.5) is 0 Å². The number of benzene rings is 1. The minimum absolute atomic E-state index is 0.819. The molecule has 1 aromatic rings. The van der Waals surface area contributed by atoms with E-state index in [4.69, 9.17) is 0 Å². The Kier molecular flexibility index (Phi) is 7.25. The highest BCUT2D eigenvalue weighted by molar-refractivity contribution is 9.10. The summed E-state index contributed by atoms with van der Waals surface area (Å²) in [7, 11) is 0. The van der Waals surface area contributed by atoms with E-state index < -0.39 is 0 Å². The van der Waals surface area contributed by atoms with Crippen molar-refractivity contribution in [2.45, 2.75) is 89.9 Å². The molecule has 0 nitrogen and oxygen atoms in total. The minimum atomic E-state index is 0.819. The molecule has 0 aromatic heterocycles. The van der Waals surface area contributed by atoms with Gasteiger partial charge in [0.05, 0.1) is 0 Å². The predicted octanol–water partition coefficient (Wildman–Crippen LogP) is 8.11. The topological polar surface area (TPSA) is 0 Å². The van der Waals surface area contributed by atoms with Gasteiger partial charge in [0.1, 0.15) is 0 Å². The second-order valence-corrected chi connectivity index (χ2v) is 9.36. The molecule has 0 amide bonds. The molecule has 0 saturated heterocycles. The first kappa shape index (κ1) is 18.5. The van der Waals surface area contributed by atoms with Gasteiger partial charge in [0.15, 0.2) is 0 Å². The largest absolute Gasteiger partial charge is 0.0654 e. The molecule has 0 N–H and O–H groups in total. The minimum Gasteiger partial charge on any atom is -0.0654 e. The quantitative estimate of drug-likeness (QED) is 0.430. The van der Waals surface area contributed by atoms with E-state index >= 15 is 0 Å². The second-order valence-electron chi connectivity index (χ2n) is 8.44. The fourth-order valence-electron chi connectivity index (χ4n) is 5.29. The Labute approximate surface area is 157 Å². The molecule has 2 aliphatic carbocycles. The number of hydrogen-bond donors (Lipinski definition) is 0. The van der Waals surface area contributed by atoms with Crippen molar-refractivity contribution in [1.82, 2.24) is 0 Å². The monoisotopic (exact) mass is 390 g/mol. The first-order chi connectivity index (χ1) is 11.8. The molecule has 1 heteroatoms. The van der Waals surface area contributed by atoms with Gasteiger partial charge in [-0.1, -0.05) is 73.5 Å². The smallest absolute Gasteiger partial charge is 0.0175 e. The van der Waals surface area contributed by atoms with Gasteiger partial charge in [-0.2, -0.15) is 0 Å². The normalized spacial score (nSPS) is 31.1. The number of hydrogen-bond acceptors (Lipinski definition) is 0. The predicted molar refractivity (Wildman–Crippen MR) is 108 cm³/mol. The molecule has 0 radical (unpaired) electrons. The lowest BCUT2D eigenvalue weighted by molar-refractivity contribution is 0.155. The molecule has 24 heavy (non-hydrogen) atoms. The molecule has 0 spiro atoms. The van der Waals surface area contributed by atoms with Gasteiger partial charge in [0.2, 0.25) is 0 Å². The molecule has 0 aliphatic heterocycles. The highest BCUT2D eigenvalue weighted by Gasteiger charge is 2.31. The van der Waals surface area contributed by atoms with Gasteiger partial charge in [-0.25, -0.2) is 0 Å². The fourth-order valence-corrected chi connectivity index (χ4v) is 5.55. The van der Waals surface area contributed by atoms with Crippen LogP contribution in [0, 0.1) is 17.8 Å². The molecular weight excluding hydrogens is 356 g/mol. The Hall–Kier alpha value is -0.300. The average molecular weight is 391 g/mol. The molecule has 2 aliphatic rings. The van der Waals surface area contributed by atoms with Crippen molar-refractivity contribution in [3.63, 3.8) is 0 Å². The van der Waals surface area contributed by atoms with Crippen LogP contribution in [-0.4, -0.2) is 0 Å². The second kappa shape index (κ2) is 9.41. The number of unbranched alkanes of at least 4 members (excludes halogenated alkanes) is 2. The molecule has 2 fully saturated rings. The van der Waals surface area contributed by atoms with Crippen molar-refractivity contribution in [2.75, 3.05) is 0 Å². The van der Waals surface area contributed by atoms with E-state index in [2.05, 4.69) is 47.1 Å². The van der Waals surface area contributed by atoms with Crippen LogP contribution in [0.3, 0.4) is 0 Å². The zero-order valence-electron chi connectivity index (χ0n) is 15.5. The lowest BCUT2D eigenvalue weighted by Gasteiger charge is -2.38. The summed E-state index contributed by atoms with van der Waals surface area (Å²) in [4.78, 5) is 0. The summed E-state index contributed by atoms with van der Waals surface area (Å²) in [6.07, 6.45) is 17.7. The van der Waals surface area contributed by atoms with Crippen LogP contribution >= 0.6 is 15.9 Å². The third kappa shape index (κ3) is 5.10. The van der Waals surface area contributed by atoms with E-state index in [0.717, 1.165) is 23.7 Å². The zero-order valence-corrected chi connectivity index (χ0v) is 17.1. The van der Waals surface area contributed by atoms with Gasteiger partial charge in [0.25, 0.3) is 0 Å². The maximum atomic E-state index is 3.56. The standard InChI is InChI=1S/C23H35Br/c1-2-3-4-5-18-6-8-19(9-7-18)20-10-12-21(13-11-20)22-14-16-23(24)17-15-22/h14-21H,2-13H2,1H3/t18-,19-,20-,21-. The summed E-state index contributed by atoms with van der Waals surface area (Å²) in [6.45, 7) is 2.32. The summed E-state index contributed by atoms with van der Waals surface area (Å²) in [5.41, 5.74) is 1.57. The van der Waals surface area contributed by atoms with Crippen LogP contribution < -0.4 is 0 Å². The van der Waals surface area contributed by atoms with Crippen LogP contribution in [0.2, 0.25) is 0 Å². The van der Waals surface area contributed by atoms with Crippen molar-refractivity contribution in [1.29, 1.82) is 0 Å². The van der Waals surface area contributed by atoms with Gasteiger partial charge >= 0.3 is 0 Å². The SMILES string of the molecule is CCCCC[C@H]1CC[C@H]([C@H]2CC[C@H](c3ccc(Br)cc3)CC2)CC1. The lowest BCUT2D eigenvalue weighted by Crippen LogP contribution is -2.25. The summed E-state index contributed by atoms with van der Waals surface area (Å²) in [6, 6.07) is 9.08. The van der Waals surface area contributed by atoms with Crippen LogP contribution in [0.15, 0.2) is 28.7 Å². The third-order valence-electron chi connectivity index (χ3n) is 6.89. The Morgan fingerprint density at radius 1 is 0.792 bits per heavy atom. The molecule has 3 rings (SSSR count). The van der Waals surface area contributed by atoms with Crippen molar-refractivity contribution in [3.8, 4) is 0 Å². The van der Waals surface area contributed by atoms with Crippen LogP contribution in [0.1, 0.15) is 95.5 Å². The zero-order chi connectivity index (χ0) is 16.8. The van der Waals surface area contributed by atoms with Crippen molar-refractivity contribution < 1.29 is 0 Å². The molecule has 0 bridgehead atoms. The first-order valence-electron chi connectivity index (χ1n) is 10.5. The van der Waals surface area contributed by atoms with E-state index in [1.165, 1.54) is 81.5 Å². The Morgan fingerprint density at radius 3 is 1.96 bits per heavy atom. The van der Waals surface area contributed by atoms with Crippen LogP contribution in [0.25, 0.3) is 0 Å². The van der Waals surface area contributed by atoms with Gasteiger partial charge in [-0.3, -0.25) is 0 Å². The Balaban J connectivity index is 1.40. The molecule has 2 saturated carbocycles. The highest BCUT2D eigenvalue weighted by Crippen LogP contribution is 2.44. The van der Waals surface area contributed by atoms with Crippen molar-refractivity contribution in [2.24, 2.45) is 17.8 Å². The van der Waals surface area contributed by atoms with Gasteiger partial charge < -0.3 is 0 Å². The maximum absolute atomic E-state index is 3.56. The van der Waals surface area contributed by atoms with Crippen molar-refractivity contribution in [3.05, 3.63) is 34.3 Å². The van der Waals surface area contributed by atoms with E-state index in [0.29, 0.717) is 0 Å². The first-order valence-corrected chi connectivity index (χ1v) is 11.3. The highest BCUT2D eigenvalue weighted by atomic mass is 79.9. The molecule has 1 aromatic carbocycles. The van der Waals surface area contributed by atoms with Gasteiger partial charge in [-0.15, -0.1) is 0 Å². The third-order valence-corrected chi connectivity index (χ3v) is 7.42. The Bertz CT molecular complexity index is 461. The lowest BCUT2D eigenvalue weighted by atomic mass is 9.68. The fraction of sp³-hybridized carbons (Fsp3) is 0.739.